The Balaban J connectivity index is 1.87. The molecule has 1 aliphatic heterocycles. The zero-order chi connectivity index (χ0) is 20.1. The highest BCUT2D eigenvalue weighted by Gasteiger charge is 2.51. The first-order chi connectivity index (χ1) is 13.3. The van der Waals surface area contributed by atoms with E-state index in [1.54, 1.807) is 37.3 Å². The van der Waals surface area contributed by atoms with E-state index in [0.717, 1.165) is 12.8 Å². The molecule has 0 spiro atoms. The van der Waals surface area contributed by atoms with Crippen LogP contribution in [-0.4, -0.2) is 24.2 Å². The normalized spacial score (nSPS) is 21.9. The number of ether oxygens (including phenoxy) is 1. The first-order valence-corrected chi connectivity index (χ1v) is 9.51. The lowest BCUT2D eigenvalue weighted by atomic mass is 9.91. The van der Waals surface area contributed by atoms with Crippen molar-refractivity contribution in [1.29, 1.82) is 0 Å². The number of hydrogen-bond donors (Lipinski definition) is 2. The van der Waals surface area contributed by atoms with Crippen molar-refractivity contribution in [2.45, 2.75) is 25.5 Å². The van der Waals surface area contributed by atoms with E-state index < -0.39 is 17.4 Å². The number of rotatable bonds is 6. The Hall–Kier alpha value is -2.21. The first-order valence-electron chi connectivity index (χ1n) is 9.13. The van der Waals surface area contributed by atoms with Crippen LogP contribution in [0.4, 0.5) is 4.39 Å². The predicted molar refractivity (Wildman–Crippen MR) is 106 cm³/mol. The molecule has 0 bridgehead atoms. The van der Waals surface area contributed by atoms with Crippen molar-refractivity contribution in [3.8, 4) is 0 Å². The molecule has 28 heavy (non-hydrogen) atoms. The molecule has 0 aromatic heterocycles. The van der Waals surface area contributed by atoms with Crippen LogP contribution >= 0.6 is 11.6 Å². The summed E-state index contributed by atoms with van der Waals surface area (Å²) < 4.78 is 21.5. The van der Waals surface area contributed by atoms with Crippen LogP contribution in [0.1, 0.15) is 46.8 Å². The quantitative estimate of drug-likeness (QED) is 0.760. The molecular weight excluding hydrogens is 381 g/mol. The molecule has 1 atom stereocenters. The fourth-order valence-electron chi connectivity index (χ4n) is 3.56. The van der Waals surface area contributed by atoms with Crippen molar-refractivity contribution in [2.75, 3.05) is 13.2 Å². The van der Waals surface area contributed by atoms with Gasteiger partial charge in [-0.25, -0.2) is 4.39 Å². The highest BCUT2D eigenvalue weighted by atomic mass is 35.5. The van der Waals surface area contributed by atoms with Gasteiger partial charge in [0.1, 0.15) is 5.82 Å². The summed E-state index contributed by atoms with van der Waals surface area (Å²) >= 11 is 6.02. The minimum atomic E-state index is -1.47. The Kier molecular flexibility index (Phi) is 4.57. The fourth-order valence-corrected chi connectivity index (χ4v) is 3.68. The van der Waals surface area contributed by atoms with Crippen molar-refractivity contribution >= 4 is 23.1 Å². The lowest BCUT2D eigenvalue weighted by Gasteiger charge is -2.33. The zero-order valence-electron chi connectivity index (χ0n) is 15.5. The third-order valence-corrected chi connectivity index (χ3v) is 5.86. The Morgan fingerprint density at radius 2 is 2.00 bits per heavy atom. The van der Waals surface area contributed by atoms with E-state index in [2.05, 4.69) is 11.9 Å². The van der Waals surface area contributed by atoms with E-state index in [0.29, 0.717) is 21.7 Å². The lowest BCUT2D eigenvalue weighted by Crippen LogP contribution is -2.45. The number of allylic oxidation sites excluding steroid dienone is 1. The Morgan fingerprint density at radius 3 is 2.57 bits per heavy atom. The summed E-state index contributed by atoms with van der Waals surface area (Å²) in [5.74, 6) is -0.960. The summed E-state index contributed by atoms with van der Waals surface area (Å²) in [6.45, 7) is 5.79. The number of benzene rings is 2. The van der Waals surface area contributed by atoms with Crippen LogP contribution in [0.2, 0.25) is 5.02 Å². The maximum absolute atomic E-state index is 15.3. The largest absolute Gasteiger partial charge is 0.396 e. The van der Waals surface area contributed by atoms with Gasteiger partial charge in [-0.3, -0.25) is 4.79 Å². The van der Waals surface area contributed by atoms with Crippen molar-refractivity contribution in [2.24, 2.45) is 5.41 Å². The molecule has 4 rings (SSSR count). The molecule has 4 nitrogen and oxygen atoms in total. The van der Waals surface area contributed by atoms with E-state index in [1.807, 2.05) is 0 Å². The SMILES string of the molecule is C=C(C)c1cc(F)c2c(c1)C(=O)NC2(OCC1(CO)CC1)c1ccc(Cl)cc1. The van der Waals surface area contributed by atoms with Gasteiger partial charge in [-0.2, -0.15) is 0 Å². The Morgan fingerprint density at radius 1 is 1.32 bits per heavy atom. The number of amides is 1. The van der Waals surface area contributed by atoms with Gasteiger partial charge >= 0.3 is 0 Å². The summed E-state index contributed by atoms with van der Waals surface area (Å²) in [7, 11) is 0. The third kappa shape index (κ3) is 3.04. The van der Waals surface area contributed by atoms with Crippen LogP contribution in [0.5, 0.6) is 0 Å². The van der Waals surface area contributed by atoms with Crippen LogP contribution < -0.4 is 5.32 Å². The molecule has 1 unspecified atom stereocenters. The molecule has 2 aromatic carbocycles. The van der Waals surface area contributed by atoms with E-state index >= 15 is 4.39 Å². The number of carbonyl (C=O) groups is 1. The molecule has 1 aliphatic carbocycles. The molecule has 2 aromatic rings. The molecule has 2 aliphatic rings. The highest BCUT2D eigenvalue weighted by molar-refractivity contribution is 6.30. The highest BCUT2D eigenvalue weighted by Crippen LogP contribution is 2.48. The molecule has 1 fully saturated rings. The number of aliphatic hydroxyl groups is 1. The standard InChI is InChI=1S/C22H21ClFNO3/c1-13(2)14-9-17-19(18(24)10-14)22(25-20(17)27,15-3-5-16(23)6-4-15)28-12-21(11-26)7-8-21/h3-6,9-10,26H,1,7-8,11-12H2,2H3,(H,25,27). The molecule has 6 heteroatoms. The average molecular weight is 402 g/mol. The summed E-state index contributed by atoms with van der Waals surface area (Å²) in [5.41, 5.74) is 0.365. The van der Waals surface area contributed by atoms with Crippen molar-refractivity contribution in [3.63, 3.8) is 0 Å². The Labute approximate surface area is 168 Å². The first kappa shape index (κ1) is 19.1. The number of aliphatic hydroxyl groups excluding tert-OH is 1. The van der Waals surface area contributed by atoms with Crippen LogP contribution in [-0.2, 0) is 10.5 Å². The predicted octanol–water partition coefficient (Wildman–Crippen LogP) is 4.25. The second kappa shape index (κ2) is 6.69. The Bertz CT molecular complexity index is 968. The van der Waals surface area contributed by atoms with Gasteiger partial charge < -0.3 is 15.2 Å². The van der Waals surface area contributed by atoms with E-state index in [9.17, 15) is 9.90 Å². The topological polar surface area (TPSA) is 58.6 Å². The maximum atomic E-state index is 15.3. The molecular formula is C22H21ClFNO3. The van der Waals surface area contributed by atoms with Gasteiger partial charge in [-0.15, -0.1) is 0 Å². The smallest absolute Gasteiger partial charge is 0.254 e. The zero-order valence-corrected chi connectivity index (χ0v) is 16.3. The second-order valence-electron chi connectivity index (χ2n) is 7.75. The molecule has 0 radical (unpaired) electrons. The van der Waals surface area contributed by atoms with Gasteiger partial charge in [0, 0.05) is 16.0 Å². The van der Waals surface area contributed by atoms with E-state index in [1.165, 1.54) is 6.07 Å². The van der Waals surface area contributed by atoms with E-state index in [4.69, 9.17) is 16.3 Å². The van der Waals surface area contributed by atoms with Crippen LogP contribution in [0.3, 0.4) is 0 Å². The minimum absolute atomic E-state index is 0.0123. The molecule has 1 heterocycles. The van der Waals surface area contributed by atoms with Crippen molar-refractivity contribution < 1.29 is 19.0 Å². The number of nitrogens with one attached hydrogen (secondary N) is 1. The van der Waals surface area contributed by atoms with E-state index in [-0.39, 0.29) is 29.8 Å². The third-order valence-electron chi connectivity index (χ3n) is 5.61. The van der Waals surface area contributed by atoms with Gasteiger partial charge in [0.15, 0.2) is 5.72 Å². The number of halogens is 2. The minimum Gasteiger partial charge on any atom is -0.396 e. The number of hydrogen-bond acceptors (Lipinski definition) is 3. The lowest BCUT2D eigenvalue weighted by molar-refractivity contribution is -0.0631. The molecule has 2 N–H and O–H groups in total. The summed E-state index contributed by atoms with van der Waals surface area (Å²) in [6, 6.07) is 9.77. The summed E-state index contributed by atoms with van der Waals surface area (Å²) in [4.78, 5) is 12.8. The maximum Gasteiger partial charge on any atom is 0.254 e. The van der Waals surface area contributed by atoms with Crippen molar-refractivity contribution in [3.05, 3.63) is 76.1 Å². The molecule has 146 valence electrons. The molecule has 1 saturated carbocycles. The van der Waals surface area contributed by atoms with Gasteiger partial charge in [-0.05, 0) is 49.6 Å². The van der Waals surface area contributed by atoms with Crippen LogP contribution in [0.15, 0.2) is 43.0 Å². The second-order valence-corrected chi connectivity index (χ2v) is 8.19. The number of carbonyl (C=O) groups excluding carboxylic acids is 1. The monoisotopic (exact) mass is 401 g/mol. The van der Waals surface area contributed by atoms with Crippen LogP contribution in [0.25, 0.3) is 5.57 Å². The molecule has 0 saturated heterocycles. The summed E-state index contributed by atoms with van der Waals surface area (Å²) in [5, 5.41) is 13.0. The van der Waals surface area contributed by atoms with Gasteiger partial charge in [-0.1, -0.05) is 35.9 Å². The van der Waals surface area contributed by atoms with Gasteiger partial charge in [0.05, 0.1) is 24.3 Å². The fraction of sp³-hybridized carbons (Fsp3) is 0.318. The van der Waals surface area contributed by atoms with Crippen LogP contribution in [0, 0.1) is 11.2 Å². The van der Waals surface area contributed by atoms with Gasteiger partial charge in [0.25, 0.3) is 5.91 Å². The average Bonchev–Trinajstić information content (AvgIpc) is 3.39. The number of fused-ring (bicyclic) bond motifs is 1. The van der Waals surface area contributed by atoms with Gasteiger partial charge in [0.2, 0.25) is 0 Å². The molecule has 1 amide bonds. The summed E-state index contributed by atoms with van der Waals surface area (Å²) in [6.07, 6.45) is 1.66. The van der Waals surface area contributed by atoms with Crippen molar-refractivity contribution in [1.82, 2.24) is 5.32 Å².